The van der Waals surface area contributed by atoms with Gasteiger partial charge in [0.05, 0.1) is 4.92 Å². The number of aromatic nitrogens is 2. The van der Waals surface area contributed by atoms with Crippen LogP contribution in [-0.2, 0) is 0 Å². The summed E-state index contributed by atoms with van der Waals surface area (Å²) in [4.78, 5) is 20.9. The summed E-state index contributed by atoms with van der Waals surface area (Å²) >= 11 is 5.90. The first-order valence-corrected chi connectivity index (χ1v) is 7.82. The van der Waals surface area contributed by atoms with Crippen LogP contribution in [-0.4, -0.2) is 28.0 Å². The Kier molecular flexibility index (Phi) is 3.73. The summed E-state index contributed by atoms with van der Waals surface area (Å²) in [6.45, 7) is 3.23. The summed E-state index contributed by atoms with van der Waals surface area (Å²) in [6, 6.07) is 0. The topological polar surface area (TPSA) is 72.2 Å². The normalized spacial score (nSPS) is 21.0. The molecule has 0 N–H and O–H groups in total. The van der Waals surface area contributed by atoms with Crippen LogP contribution >= 0.6 is 11.6 Å². The highest BCUT2D eigenvalue weighted by Crippen LogP contribution is 2.47. The number of hydrogen-bond acceptors (Lipinski definition) is 5. The fourth-order valence-corrected chi connectivity index (χ4v) is 3.98. The van der Waals surface area contributed by atoms with E-state index < -0.39 is 4.92 Å². The van der Waals surface area contributed by atoms with E-state index >= 15 is 0 Å². The molecular formula is C14H19ClN4O2. The van der Waals surface area contributed by atoms with E-state index in [0.717, 1.165) is 25.9 Å². The zero-order chi connectivity index (χ0) is 15.0. The Morgan fingerprint density at radius 1 is 1.19 bits per heavy atom. The van der Waals surface area contributed by atoms with Crippen molar-refractivity contribution in [3.8, 4) is 0 Å². The Bertz CT molecular complexity index is 562. The van der Waals surface area contributed by atoms with Crippen molar-refractivity contribution in [1.29, 1.82) is 0 Å². The van der Waals surface area contributed by atoms with Crippen LogP contribution in [0.1, 0.15) is 44.2 Å². The molecule has 2 aliphatic rings. The summed E-state index contributed by atoms with van der Waals surface area (Å²) in [6.07, 6.45) is 7.41. The van der Waals surface area contributed by atoms with Gasteiger partial charge in [-0.15, -0.1) is 0 Å². The van der Waals surface area contributed by atoms with Crippen molar-refractivity contribution in [1.82, 2.24) is 9.97 Å². The van der Waals surface area contributed by atoms with Crippen LogP contribution < -0.4 is 4.90 Å². The Hall–Kier alpha value is -1.43. The van der Waals surface area contributed by atoms with Crippen LogP contribution in [0.3, 0.4) is 0 Å². The molecule has 0 amide bonds. The zero-order valence-corrected chi connectivity index (χ0v) is 12.9. The highest BCUT2D eigenvalue weighted by Gasteiger charge is 2.38. The minimum atomic E-state index is -0.402. The van der Waals surface area contributed by atoms with Crippen LogP contribution in [0.5, 0.6) is 0 Å². The molecule has 21 heavy (non-hydrogen) atoms. The SMILES string of the molecule is Cc1nc(Cl)nc(N2CCC3(CCCC3)CC2)c1[N+](=O)[O-]. The van der Waals surface area contributed by atoms with Crippen LogP contribution in [0.4, 0.5) is 11.5 Å². The summed E-state index contributed by atoms with van der Waals surface area (Å²) < 4.78 is 0. The average Bonchev–Trinajstić information content (AvgIpc) is 2.86. The molecule has 1 aromatic rings. The predicted molar refractivity (Wildman–Crippen MR) is 80.8 cm³/mol. The number of nitro groups is 1. The van der Waals surface area contributed by atoms with Gasteiger partial charge >= 0.3 is 5.69 Å². The molecule has 1 aliphatic heterocycles. The van der Waals surface area contributed by atoms with E-state index in [4.69, 9.17) is 11.6 Å². The van der Waals surface area contributed by atoms with Crippen LogP contribution in [0.25, 0.3) is 0 Å². The molecule has 1 saturated heterocycles. The number of nitrogens with zero attached hydrogens (tertiary/aromatic N) is 4. The first-order chi connectivity index (χ1) is 10.0. The lowest BCUT2D eigenvalue weighted by atomic mass is 9.77. The number of anilines is 1. The van der Waals surface area contributed by atoms with E-state index in [1.54, 1.807) is 6.92 Å². The van der Waals surface area contributed by atoms with Gasteiger partial charge in [0.1, 0.15) is 5.69 Å². The molecule has 3 rings (SSSR count). The molecule has 0 atom stereocenters. The van der Waals surface area contributed by atoms with Crippen LogP contribution in [0.2, 0.25) is 5.28 Å². The Balaban J connectivity index is 1.86. The van der Waals surface area contributed by atoms with Crippen LogP contribution in [0, 0.1) is 22.5 Å². The molecule has 0 aromatic carbocycles. The summed E-state index contributed by atoms with van der Waals surface area (Å²) in [5, 5.41) is 11.4. The van der Waals surface area contributed by atoms with Gasteiger partial charge in [-0.25, -0.2) is 4.98 Å². The van der Waals surface area contributed by atoms with Gasteiger partial charge in [-0.1, -0.05) is 12.8 Å². The number of piperidine rings is 1. The lowest BCUT2D eigenvalue weighted by Crippen LogP contribution is -2.39. The number of hydrogen-bond donors (Lipinski definition) is 0. The minimum Gasteiger partial charge on any atom is -0.351 e. The van der Waals surface area contributed by atoms with E-state index in [1.807, 2.05) is 4.90 Å². The molecule has 0 unspecified atom stereocenters. The van der Waals surface area contributed by atoms with Gasteiger partial charge in [-0.3, -0.25) is 10.1 Å². The van der Waals surface area contributed by atoms with Gasteiger partial charge in [0, 0.05) is 13.1 Å². The molecule has 1 aromatic heterocycles. The molecule has 6 nitrogen and oxygen atoms in total. The van der Waals surface area contributed by atoms with Gasteiger partial charge < -0.3 is 4.90 Å². The number of aryl methyl sites for hydroxylation is 1. The van der Waals surface area contributed by atoms with Crippen molar-refractivity contribution in [2.24, 2.45) is 5.41 Å². The van der Waals surface area contributed by atoms with E-state index in [0.29, 0.717) is 16.9 Å². The highest BCUT2D eigenvalue weighted by molar-refractivity contribution is 6.28. The second-order valence-electron chi connectivity index (χ2n) is 6.20. The first kappa shape index (κ1) is 14.5. The van der Waals surface area contributed by atoms with Gasteiger partial charge in [0.25, 0.3) is 0 Å². The van der Waals surface area contributed by atoms with Crippen molar-refractivity contribution >= 4 is 23.1 Å². The van der Waals surface area contributed by atoms with Crippen molar-refractivity contribution in [3.05, 3.63) is 21.1 Å². The van der Waals surface area contributed by atoms with E-state index in [9.17, 15) is 10.1 Å². The highest BCUT2D eigenvalue weighted by atomic mass is 35.5. The molecule has 0 bridgehead atoms. The molecule has 1 saturated carbocycles. The molecular weight excluding hydrogens is 292 g/mol. The van der Waals surface area contributed by atoms with Crippen molar-refractivity contribution in [2.75, 3.05) is 18.0 Å². The quantitative estimate of drug-likeness (QED) is 0.475. The van der Waals surface area contributed by atoms with Crippen molar-refractivity contribution in [2.45, 2.75) is 45.4 Å². The third-order valence-corrected chi connectivity index (χ3v) is 5.15. The molecule has 1 spiro atoms. The zero-order valence-electron chi connectivity index (χ0n) is 12.1. The molecule has 1 aliphatic carbocycles. The van der Waals surface area contributed by atoms with E-state index in [-0.39, 0.29) is 11.0 Å². The van der Waals surface area contributed by atoms with E-state index in [2.05, 4.69) is 9.97 Å². The fraction of sp³-hybridized carbons (Fsp3) is 0.714. The maximum atomic E-state index is 11.3. The van der Waals surface area contributed by atoms with Gasteiger partial charge in [0.2, 0.25) is 11.1 Å². The minimum absolute atomic E-state index is 0.0122. The molecule has 2 fully saturated rings. The summed E-state index contributed by atoms with van der Waals surface area (Å²) in [5.41, 5.74) is 0.787. The van der Waals surface area contributed by atoms with Crippen molar-refractivity contribution < 1.29 is 4.92 Å². The number of rotatable bonds is 2. The lowest BCUT2D eigenvalue weighted by Gasteiger charge is -2.39. The van der Waals surface area contributed by atoms with E-state index in [1.165, 1.54) is 25.7 Å². The maximum absolute atomic E-state index is 11.3. The average molecular weight is 311 g/mol. The Morgan fingerprint density at radius 3 is 2.38 bits per heavy atom. The Morgan fingerprint density at radius 2 is 1.81 bits per heavy atom. The standard InChI is InChI=1S/C14H19ClN4O2/c1-10-11(19(20)21)12(17-13(15)16-10)18-8-6-14(7-9-18)4-2-3-5-14/h2-9H2,1H3. The van der Waals surface area contributed by atoms with Crippen LogP contribution in [0.15, 0.2) is 0 Å². The number of halogens is 1. The molecule has 7 heteroatoms. The third kappa shape index (κ3) is 2.69. The first-order valence-electron chi connectivity index (χ1n) is 7.44. The summed E-state index contributed by atoms with van der Waals surface area (Å²) in [7, 11) is 0. The maximum Gasteiger partial charge on any atom is 0.332 e. The monoisotopic (exact) mass is 310 g/mol. The van der Waals surface area contributed by atoms with Gasteiger partial charge in [-0.05, 0) is 49.6 Å². The second-order valence-corrected chi connectivity index (χ2v) is 6.54. The largest absolute Gasteiger partial charge is 0.351 e. The molecule has 2 heterocycles. The van der Waals surface area contributed by atoms with Crippen molar-refractivity contribution in [3.63, 3.8) is 0 Å². The van der Waals surface area contributed by atoms with Gasteiger partial charge in [0.15, 0.2) is 0 Å². The third-order valence-electron chi connectivity index (χ3n) is 4.98. The lowest BCUT2D eigenvalue weighted by molar-refractivity contribution is -0.385. The smallest absolute Gasteiger partial charge is 0.332 e. The summed E-state index contributed by atoms with van der Waals surface area (Å²) in [5.74, 6) is 0.380. The second kappa shape index (κ2) is 5.40. The molecule has 114 valence electrons. The fourth-order valence-electron chi connectivity index (χ4n) is 3.77. The molecule has 0 radical (unpaired) electrons. The Labute approximate surface area is 128 Å². The van der Waals surface area contributed by atoms with Gasteiger partial charge in [-0.2, -0.15) is 4.98 Å². The predicted octanol–water partition coefficient (Wildman–Crippen LogP) is 3.51.